The quantitative estimate of drug-likeness (QED) is 0.532. The molecule has 152 valence electrons. The highest BCUT2D eigenvalue weighted by molar-refractivity contribution is 7.99. The summed E-state index contributed by atoms with van der Waals surface area (Å²) >= 11 is 2.06. The van der Waals surface area contributed by atoms with Crippen LogP contribution in [0.2, 0.25) is 0 Å². The van der Waals surface area contributed by atoms with Crippen LogP contribution in [0.3, 0.4) is 0 Å². The molecule has 4 aliphatic heterocycles. The molecular formula is C19H33N5O2S. The van der Waals surface area contributed by atoms with Gasteiger partial charge in [-0.25, -0.2) is 0 Å². The number of nitrogens with zero attached hydrogens (tertiary/aromatic N) is 3. The third-order valence-corrected chi connectivity index (χ3v) is 7.94. The summed E-state index contributed by atoms with van der Waals surface area (Å²) in [5.74, 6) is 3.62. The van der Waals surface area contributed by atoms with Crippen molar-refractivity contribution in [2.24, 2.45) is 10.4 Å². The van der Waals surface area contributed by atoms with Crippen molar-refractivity contribution in [2.45, 2.75) is 31.2 Å². The van der Waals surface area contributed by atoms with Gasteiger partial charge in [0, 0.05) is 69.4 Å². The highest BCUT2D eigenvalue weighted by atomic mass is 32.2. The highest BCUT2D eigenvalue weighted by Gasteiger charge is 2.44. The molecule has 4 fully saturated rings. The molecule has 2 N–H and O–H groups in total. The molecule has 0 radical (unpaired) electrons. The van der Waals surface area contributed by atoms with Crippen LogP contribution in [0.5, 0.6) is 0 Å². The average molecular weight is 396 g/mol. The fourth-order valence-electron chi connectivity index (χ4n) is 5.14. The van der Waals surface area contributed by atoms with Gasteiger partial charge in [0.2, 0.25) is 5.91 Å². The number of aliphatic imine (C=N–C) groups is 1. The molecule has 0 aromatic carbocycles. The largest absolute Gasteiger partial charge is 0.379 e. The summed E-state index contributed by atoms with van der Waals surface area (Å²) in [6, 6.07) is 0. The summed E-state index contributed by atoms with van der Waals surface area (Å²) in [4.78, 5) is 21.4. The van der Waals surface area contributed by atoms with Gasteiger partial charge in [-0.2, -0.15) is 11.8 Å². The molecule has 27 heavy (non-hydrogen) atoms. The SMILES string of the molecule is CN=C(NCC1(N2CCOCC2)CCSC1)N1CCCC2(CNC(=O)C2)C1. The molecule has 7 nitrogen and oxygen atoms in total. The van der Waals surface area contributed by atoms with Gasteiger partial charge in [-0.3, -0.25) is 14.7 Å². The Labute approximate surface area is 166 Å². The second kappa shape index (κ2) is 8.17. The van der Waals surface area contributed by atoms with E-state index in [1.807, 2.05) is 7.05 Å². The van der Waals surface area contributed by atoms with Crippen molar-refractivity contribution < 1.29 is 9.53 Å². The lowest BCUT2D eigenvalue weighted by Gasteiger charge is -2.45. The molecular weight excluding hydrogens is 362 g/mol. The van der Waals surface area contributed by atoms with E-state index >= 15 is 0 Å². The number of guanidine groups is 1. The van der Waals surface area contributed by atoms with E-state index in [4.69, 9.17) is 4.74 Å². The first-order valence-corrected chi connectivity index (χ1v) is 11.4. The number of carbonyl (C=O) groups excluding carboxylic acids is 1. The lowest BCUT2D eigenvalue weighted by molar-refractivity contribution is -0.119. The normalized spacial score (nSPS) is 35.7. The fraction of sp³-hybridized carbons (Fsp3) is 0.895. The number of rotatable bonds is 3. The molecule has 4 heterocycles. The number of morpholine rings is 1. The van der Waals surface area contributed by atoms with Crippen molar-refractivity contribution >= 4 is 23.6 Å². The number of thioether (sulfide) groups is 1. The van der Waals surface area contributed by atoms with E-state index in [2.05, 4.69) is 37.2 Å². The van der Waals surface area contributed by atoms with Gasteiger partial charge in [-0.1, -0.05) is 0 Å². The van der Waals surface area contributed by atoms with Gasteiger partial charge in [-0.05, 0) is 25.0 Å². The molecule has 0 bridgehead atoms. The van der Waals surface area contributed by atoms with E-state index in [0.29, 0.717) is 6.42 Å². The molecule has 0 saturated carbocycles. The zero-order valence-electron chi connectivity index (χ0n) is 16.5. The number of piperidine rings is 1. The molecule has 0 aromatic heterocycles. The number of likely N-dealkylation sites (tertiary alicyclic amines) is 1. The third kappa shape index (κ3) is 4.07. The van der Waals surface area contributed by atoms with Gasteiger partial charge in [0.15, 0.2) is 5.96 Å². The first-order chi connectivity index (χ1) is 13.1. The summed E-state index contributed by atoms with van der Waals surface area (Å²) in [7, 11) is 1.88. The number of hydrogen-bond donors (Lipinski definition) is 2. The minimum absolute atomic E-state index is 0.0953. The van der Waals surface area contributed by atoms with E-state index < -0.39 is 0 Å². The Hall–Kier alpha value is -0.990. The van der Waals surface area contributed by atoms with Crippen LogP contribution in [-0.4, -0.2) is 98.2 Å². The maximum atomic E-state index is 11.8. The smallest absolute Gasteiger partial charge is 0.220 e. The predicted molar refractivity (Wildman–Crippen MR) is 109 cm³/mol. The number of ether oxygens (including phenoxy) is 1. The van der Waals surface area contributed by atoms with Crippen LogP contribution in [0, 0.1) is 5.41 Å². The standard InChI is InChI=1S/C19H33N5O2S/c1-20-17(23-5-2-3-18(14-23)11-16(25)21-12-18)22-13-19(4-10-27-15-19)24-6-8-26-9-7-24/h2-15H2,1H3,(H,20,22)(H,21,25). The Bertz CT molecular complexity index is 574. The molecule has 1 spiro atoms. The topological polar surface area (TPSA) is 69.2 Å². The Morgan fingerprint density at radius 1 is 1.33 bits per heavy atom. The maximum Gasteiger partial charge on any atom is 0.220 e. The van der Waals surface area contributed by atoms with Crippen molar-refractivity contribution in [2.75, 3.05) is 71.0 Å². The van der Waals surface area contributed by atoms with Crippen LogP contribution in [-0.2, 0) is 9.53 Å². The molecule has 4 rings (SSSR count). The van der Waals surface area contributed by atoms with Crippen LogP contribution in [0.25, 0.3) is 0 Å². The minimum atomic E-state index is 0.0953. The molecule has 0 aliphatic carbocycles. The van der Waals surface area contributed by atoms with Crippen molar-refractivity contribution in [1.29, 1.82) is 0 Å². The van der Waals surface area contributed by atoms with Gasteiger partial charge in [0.05, 0.1) is 13.2 Å². The van der Waals surface area contributed by atoms with E-state index in [9.17, 15) is 4.79 Å². The number of nitrogens with one attached hydrogen (secondary N) is 2. The summed E-state index contributed by atoms with van der Waals surface area (Å²) in [6.45, 7) is 7.44. The Kier molecular flexibility index (Phi) is 5.85. The van der Waals surface area contributed by atoms with Crippen LogP contribution in [0.1, 0.15) is 25.7 Å². The van der Waals surface area contributed by atoms with E-state index in [1.165, 1.54) is 17.9 Å². The van der Waals surface area contributed by atoms with Crippen molar-refractivity contribution in [3.05, 3.63) is 0 Å². The van der Waals surface area contributed by atoms with Gasteiger partial charge in [0.1, 0.15) is 0 Å². The molecule has 2 atom stereocenters. The lowest BCUT2D eigenvalue weighted by atomic mass is 9.79. The molecule has 4 saturated heterocycles. The molecule has 4 aliphatic rings. The fourth-order valence-corrected chi connectivity index (χ4v) is 6.62. The van der Waals surface area contributed by atoms with E-state index in [-0.39, 0.29) is 16.9 Å². The number of amides is 1. The van der Waals surface area contributed by atoms with Gasteiger partial charge < -0.3 is 20.3 Å². The number of hydrogen-bond acceptors (Lipinski definition) is 5. The molecule has 8 heteroatoms. The maximum absolute atomic E-state index is 11.8. The van der Waals surface area contributed by atoms with E-state index in [0.717, 1.165) is 71.3 Å². The van der Waals surface area contributed by atoms with Crippen molar-refractivity contribution in [1.82, 2.24) is 20.4 Å². The Morgan fingerprint density at radius 2 is 2.19 bits per heavy atom. The summed E-state index contributed by atoms with van der Waals surface area (Å²) in [5.41, 5.74) is 0.306. The minimum Gasteiger partial charge on any atom is -0.379 e. The average Bonchev–Trinajstić information content (AvgIpc) is 3.31. The van der Waals surface area contributed by atoms with Gasteiger partial charge in [-0.15, -0.1) is 0 Å². The first kappa shape index (κ1) is 19.3. The van der Waals surface area contributed by atoms with Crippen LogP contribution >= 0.6 is 11.8 Å². The zero-order valence-corrected chi connectivity index (χ0v) is 17.3. The molecule has 1 amide bonds. The summed E-state index contributed by atoms with van der Waals surface area (Å²) in [5, 5.41) is 6.75. The van der Waals surface area contributed by atoms with E-state index in [1.54, 1.807) is 0 Å². The number of carbonyl (C=O) groups is 1. The van der Waals surface area contributed by atoms with Crippen LogP contribution in [0.4, 0.5) is 0 Å². The highest BCUT2D eigenvalue weighted by Crippen LogP contribution is 2.36. The summed E-state index contributed by atoms with van der Waals surface area (Å²) < 4.78 is 5.57. The van der Waals surface area contributed by atoms with Gasteiger partial charge in [0.25, 0.3) is 0 Å². The van der Waals surface area contributed by atoms with Crippen LogP contribution < -0.4 is 10.6 Å². The van der Waals surface area contributed by atoms with Crippen molar-refractivity contribution in [3.63, 3.8) is 0 Å². The molecule has 2 unspecified atom stereocenters. The predicted octanol–water partition coefficient (Wildman–Crippen LogP) is 0.372. The van der Waals surface area contributed by atoms with Crippen LogP contribution in [0.15, 0.2) is 4.99 Å². The molecule has 0 aromatic rings. The van der Waals surface area contributed by atoms with Crippen molar-refractivity contribution in [3.8, 4) is 0 Å². The van der Waals surface area contributed by atoms with Gasteiger partial charge >= 0.3 is 0 Å². The first-order valence-electron chi connectivity index (χ1n) is 10.3. The zero-order chi connectivity index (χ0) is 18.7. The monoisotopic (exact) mass is 395 g/mol. The third-order valence-electron chi connectivity index (χ3n) is 6.71. The summed E-state index contributed by atoms with van der Waals surface area (Å²) in [6.07, 6.45) is 4.15. The Morgan fingerprint density at radius 3 is 2.85 bits per heavy atom. The Balaban J connectivity index is 1.40. The second-order valence-electron chi connectivity index (χ2n) is 8.51. The second-order valence-corrected chi connectivity index (χ2v) is 9.61. The lowest BCUT2D eigenvalue weighted by Crippen LogP contribution is -2.61.